The number of aromatic nitrogens is 1. The van der Waals surface area contributed by atoms with Crippen molar-refractivity contribution in [2.45, 2.75) is 13.0 Å². The molecule has 0 aliphatic rings. The molecule has 1 aromatic rings. The van der Waals surface area contributed by atoms with Crippen LogP contribution in [0.2, 0.25) is 0 Å². The van der Waals surface area contributed by atoms with Gasteiger partial charge >= 0.3 is 0 Å². The first kappa shape index (κ1) is 12.0. The summed E-state index contributed by atoms with van der Waals surface area (Å²) >= 11 is 0. The summed E-state index contributed by atoms with van der Waals surface area (Å²) in [6.07, 6.45) is 0.947. The van der Waals surface area contributed by atoms with Crippen LogP contribution in [0.4, 0.5) is 8.78 Å². The van der Waals surface area contributed by atoms with Gasteiger partial charge in [-0.15, -0.1) is 0 Å². The normalized spacial score (nSPS) is 11.9. The molecule has 3 N–H and O–H groups in total. The average molecular weight is 229 g/mol. The molecule has 0 aliphatic heterocycles. The highest BCUT2D eigenvalue weighted by atomic mass is 19.2. The topological polar surface area (TPSA) is 85.1 Å². The number of amides is 2. The number of primary amides is 1. The van der Waals surface area contributed by atoms with Gasteiger partial charge in [0.1, 0.15) is 6.04 Å². The lowest BCUT2D eigenvalue weighted by molar-refractivity contribution is -0.119. The van der Waals surface area contributed by atoms with Gasteiger partial charge in [0.25, 0.3) is 5.91 Å². The number of hydrogen-bond donors (Lipinski definition) is 2. The summed E-state index contributed by atoms with van der Waals surface area (Å²) in [5.41, 5.74) is 4.37. The molecule has 0 aliphatic carbocycles. The van der Waals surface area contributed by atoms with Gasteiger partial charge in [0.2, 0.25) is 11.9 Å². The van der Waals surface area contributed by atoms with E-state index in [2.05, 4.69) is 10.3 Å². The molecule has 1 aromatic heterocycles. The van der Waals surface area contributed by atoms with E-state index in [4.69, 9.17) is 5.73 Å². The van der Waals surface area contributed by atoms with Crippen molar-refractivity contribution in [2.24, 2.45) is 5.73 Å². The molecule has 0 radical (unpaired) electrons. The Morgan fingerprint density at radius 2 is 2.12 bits per heavy atom. The van der Waals surface area contributed by atoms with Crippen molar-refractivity contribution in [3.63, 3.8) is 0 Å². The van der Waals surface area contributed by atoms with E-state index in [0.29, 0.717) is 0 Å². The maximum Gasteiger partial charge on any atom is 0.255 e. The fourth-order valence-electron chi connectivity index (χ4n) is 0.939. The molecule has 86 valence electrons. The Morgan fingerprint density at radius 3 is 2.69 bits per heavy atom. The van der Waals surface area contributed by atoms with E-state index in [1.165, 1.54) is 6.92 Å². The zero-order valence-electron chi connectivity index (χ0n) is 8.33. The predicted molar refractivity (Wildman–Crippen MR) is 50.3 cm³/mol. The highest BCUT2D eigenvalue weighted by Crippen LogP contribution is 2.08. The molecule has 1 rings (SSSR count). The third kappa shape index (κ3) is 2.50. The van der Waals surface area contributed by atoms with E-state index in [1.807, 2.05) is 0 Å². The van der Waals surface area contributed by atoms with Crippen LogP contribution in [0.5, 0.6) is 0 Å². The molecule has 16 heavy (non-hydrogen) atoms. The Balaban J connectivity index is 2.89. The maximum absolute atomic E-state index is 13.1. The second-order valence-electron chi connectivity index (χ2n) is 3.06. The van der Waals surface area contributed by atoms with Crippen molar-refractivity contribution in [3.8, 4) is 0 Å². The molecule has 1 unspecified atom stereocenters. The number of nitrogens with zero attached hydrogens (tertiary/aromatic N) is 1. The lowest BCUT2D eigenvalue weighted by Crippen LogP contribution is -2.42. The smallest absolute Gasteiger partial charge is 0.255 e. The van der Waals surface area contributed by atoms with Crippen molar-refractivity contribution in [1.29, 1.82) is 0 Å². The first-order valence-electron chi connectivity index (χ1n) is 4.33. The molecular weight excluding hydrogens is 220 g/mol. The SMILES string of the molecule is CC(NC(=O)c1ccnc(F)c1F)C(N)=O. The number of nitrogens with one attached hydrogen (secondary N) is 1. The third-order valence-electron chi connectivity index (χ3n) is 1.87. The van der Waals surface area contributed by atoms with Crippen LogP contribution in [0.15, 0.2) is 12.3 Å². The van der Waals surface area contributed by atoms with Crippen LogP contribution in [0.3, 0.4) is 0 Å². The number of pyridine rings is 1. The van der Waals surface area contributed by atoms with Gasteiger partial charge in [0.15, 0.2) is 5.82 Å². The number of nitrogens with two attached hydrogens (primary N) is 1. The first-order chi connectivity index (χ1) is 7.43. The van der Waals surface area contributed by atoms with Gasteiger partial charge in [-0.3, -0.25) is 9.59 Å². The van der Waals surface area contributed by atoms with Crippen molar-refractivity contribution in [1.82, 2.24) is 10.3 Å². The van der Waals surface area contributed by atoms with Gasteiger partial charge in [-0.1, -0.05) is 0 Å². The van der Waals surface area contributed by atoms with E-state index in [0.717, 1.165) is 12.3 Å². The van der Waals surface area contributed by atoms with Crippen LogP contribution in [0.25, 0.3) is 0 Å². The summed E-state index contributed by atoms with van der Waals surface area (Å²) in [6.45, 7) is 1.33. The van der Waals surface area contributed by atoms with Crippen LogP contribution in [-0.2, 0) is 4.79 Å². The van der Waals surface area contributed by atoms with Crippen molar-refractivity contribution in [2.75, 3.05) is 0 Å². The van der Waals surface area contributed by atoms with Crippen molar-refractivity contribution < 1.29 is 18.4 Å². The van der Waals surface area contributed by atoms with Gasteiger partial charge in [-0.2, -0.15) is 4.39 Å². The molecule has 0 saturated carbocycles. The molecule has 0 saturated heterocycles. The Hall–Kier alpha value is -2.05. The summed E-state index contributed by atoms with van der Waals surface area (Å²) < 4.78 is 25.8. The van der Waals surface area contributed by atoms with Gasteiger partial charge in [-0.25, -0.2) is 9.37 Å². The second-order valence-corrected chi connectivity index (χ2v) is 3.06. The van der Waals surface area contributed by atoms with Gasteiger partial charge in [0.05, 0.1) is 5.56 Å². The van der Waals surface area contributed by atoms with E-state index in [1.54, 1.807) is 0 Å². The fraction of sp³-hybridized carbons (Fsp3) is 0.222. The lowest BCUT2D eigenvalue weighted by atomic mass is 10.2. The van der Waals surface area contributed by atoms with Crippen LogP contribution in [-0.4, -0.2) is 22.8 Å². The summed E-state index contributed by atoms with van der Waals surface area (Å²) in [5, 5.41) is 2.12. The second kappa shape index (κ2) is 4.65. The first-order valence-corrected chi connectivity index (χ1v) is 4.33. The Labute approximate surface area is 89.7 Å². The van der Waals surface area contributed by atoms with E-state index < -0.39 is 35.2 Å². The Morgan fingerprint density at radius 1 is 1.50 bits per heavy atom. The highest BCUT2D eigenvalue weighted by molar-refractivity contribution is 5.97. The largest absolute Gasteiger partial charge is 0.368 e. The molecule has 2 amide bonds. The molecule has 5 nitrogen and oxygen atoms in total. The lowest BCUT2D eigenvalue weighted by Gasteiger charge is -2.10. The molecule has 0 bridgehead atoms. The Kier molecular flexibility index (Phi) is 3.49. The van der Waals surface area contributed by atoms with Gasteiger partial charge in [0, 0.05) is 6.20 Å². The molecule has 7 heteroatoms. The summed E-state index contributed by atoms with van der Waals surface area (Å²) in [6, 6.07) is 0.0321. The summed E-state index contributed by atoms with van der Waals surface area (Å²) in [7, 11) is 0. The number of carbonyl (C=O) groups excluding carboxylic acids is 2. The minimum atomic E-state index is -1.38. The predicted octanol–water partition coefficient (Wildman–Crippen LogP) is -0.0366. The summed E-state index contributed by atoms with van der Waals surface area (Å²) in [4.78, 5) is 25.0. The van der Waals surface area contributed by atoms with E-state index >= 15 is 0 Å². The van der Waals surface area contributed by atoms with E-state index in [9.17, 15) is 18.4 Å². The maximum atomic E-state index is 13.1. The van der Waals surface area contributed by atoms with E-state index in [-0.39, 0.29) is 0 Å². The minimum absolute atomic E-state index is 0.527. The minimum Gasteiger partial charge on any atom is -0.368 e. The standard InChI is InChI=1S/C9H9F2N3O2/c1-4(8(12)15)14-9(16)5-2-3-13-7(11)6(5)10/h2-4H,1H3,(H2,12,15)(H,14,16). The quantitative estimate of drug-likeness (QED) is 0.713. The van der Waals surface area contributed by atoms with Gasteiger partial charge in [-0.05, 0) is 13.0 Å². The zero-order valence-corrected chi connectivity index (χ0v) is 8.33. The fourth-order valence-corrected chi connectivity index (χ4v) is 0.939. The molecular formula is C9H9F2N3O2. The molecule has 0 aromatic carbocycles. The number of rotatable bonds is 3. The van der Waals surface area contributed by atoms with Crippen LogP contribution in [0, 0.1) is 11.8 Å². The summed E-state index contributed by atoms with van der Waals surface area (Å²) in [5.74, 6) is -4.44. The van der Waals surface area contributed by atoms with Crippen molar-refractivity contribution in [3.05, 3.63) is 29.6 Å². The van der Waals surface area contributed by atoms with Gasteiger partial charge < -0.3 is 11.1 Å². The number of halogens is 2. The number of carbonyl (C=O) groups is 2. The molecule has 1 heterocycles. The third-order valence-corrected chi connectivity index (χ3v) is 1.87. The highest BCUT2D eigenvalue weighted by Gasteiger charge is 2.19. The Bertz CT molecular complexity index is 437. The van der Waals surface area contributed by atoms with Crippen LogP contribution in [0.1, 0.15) is 17.3 Å². The van der Waals surface area contributed by atoms with Crippen LogP contribution >= 0.6 is 0 Å². The monoisotopic (exact) mass is 229 g/mol. The molecule has 1 atom stereocenters. The molecule has 0 spiro atoms. The molecule has 0 fully saturated rings. The van der Waals surface area contributed by atoms with Crippen LogP contribution < -0.4 is 11.1 Å². The number of hydrogen-bond acceptors (Lipinski definition) is 3. The average Bonchev–Trinajstić information content (AvgIpc) is 2.21. The van der Waals surface area contributed by atoms with Crippen molar-refractivity contribution >= 4 is 11.8 Å². The zero-order chi connectivity index (χ0) is 12.3.